The molecular formula is C14H14O4S. The van der Waals surface area contributed by atoms with Gasteiger partial charge in [0.25, 0.3) is 0 Å². The quantitative estimate of drug-likeness (QED) is 0.647. The molecule has 5 heteroatoms. The first-order valence-electron chi connectivity index (χ1n) is 5.80. The number of hydrogen-bond donors (Lipinski definition) is 1. The smallest absolute Gasteiger partial charge is 0.339 e. The van der Waals surface area contributed by atoms with Crippen LogP contribution in [0.3, 0.4) is 0 Å². The number of thioether (sulfide) groups is 1. The van der Waals surface area contributed by atoms with Crippen molar-refractivity contribution in [3.05, 3.63) is 47.9 Å². The summed E-state index contributed by atoms with van der Waals surface area (Å²) in [4.78, 5) is 12.1. The topological polar surface area (TPSA) is 59.7 Å². The highest BCUT2D eigenvalue weighted by Crippen LogP contribution is 2.23. The molecule has 2 rings (SSSR count). The van der Waals surface area contributed by atoms with E-state index in [1.54, 1.807) is 36.2 Å². The minimum absolute atomic E-state index is 0.187. The number of carbonyl (C=O) groups is 1. The van der Waals surface area contributed by atoms with Crippen LogP contribution in [0.1, 0.15) is 16.1 Å². The summed E-state index contributed by atoms with van der Waals surface area (Å²) in [7, 11) is 0. The fourth-order valence-electron chi connectivity index (χ4n) is 1.60. The number of para-hydroxylation sites is 1. The van der Waals surface area contributed by atoms with Crippen molar-refractivity contribution in [3.63, 3.8) is 0 Å². The maximum Gasteiger partial charge on any atom is 0.339 e. The molecule has 0 aliphatic carbocycles. The van der Waals surface area contributed by atoms with Crippen molar-refractivity contribution >= 4 is 17.7 Å². The van der Waals surface area contributed by atoms with Gasteiger partial charge in [-0.2, -0.15) is 0 Å². The number of carboxylic acid groups (broad SMARTS) is 1. The molecule has 0 aliphatic heterocycles. The number of furan rings is 1. The number of aryl methyl sites for hydroxylation is 1. The molecule has 0 radical (unpaired) electrons. The lowest BCUT2D eigenvalue weighted by Gasteiger charge is -2.08. The van der Waals surface area contributed by atoms with E-state index in [1.807, 2.05) is 13.0 Å². The lowest BCUT2D eigenvalue weighted by molar-refractivity contribution is 0.0692. The van der Waals surface area contributed by atoms with Gasteiger partial charge in [0, 0.05) is 10.6 Å². The molecule has 0 bridgehead atoms. The molecule has 0 saturated carbocycles. The van der Waals surface area contributed by atoms with Gasteiger partial charge in [0.05, 0.1) is 12.9 Å². The Kier molecular flexibility index (Phi) is 4.52. The molecule has 0 aliphatic rings. The summed E-state index contributed by atoms with van der Waals surface area (Å²) < 4.78 is 10.7. The Morgan fingerprint density at radius 1 is 1.37 bits per heavy atom. The van der Waals surface area contributed by atoms with Crippen LogP contribution < -0.4 is 4.74 Å². The molecule has 1 N–H and O–H groups in total. The van der Waals surface area contributed by atoms with Gasteiger partial charge in [0.15, 0.2) is 0 Å². The average Bonchev–Trinajstić information content (AvgIpc) is 2.80. The molecule has 19 heavy (non-hydrogen) atoms. The molecule has 100 valence electrons. The van der Waals surface area contributed by atoms with Gasteiger partial charge in [0.1, 0.15) is 17.1 Å². The number of carboxylic acids is 1. The van der Waals surface area contributed by atoms with Crippen molar-refractivity contribution in [1.29, 1.82) is 0 Å². The van der Waals surface area contributed by atoms with E-state index in [-0.39, 0.29) is 5.56 Å². The second-order valence-corrected chi connectivity index (χ2v) is 4.98. The Bertz CT molecular complexity index is 562. The van der Waals surface area contributed by atoms with Crippen LogP contribution in [0.25, 0.3) is 0 Å². The summed E-state index contributed by atoms with van der Waals surface area (Å²) in [5.41, 5.74) is 0.187. The van der Waals surface area contributed by atoms with Gasteiger partial charge in [-0.3, -0.25) is 0 Å². The van der Waals surface area contributed by atoms with Gasteiger partial charge in [-0.05, 0) is 25.1 Å². The van der Waals surface area contributed by atoms with Crippen LogP contribution in [0.5, 0.6) is 5.75 Å². The minimum atomic E-state index is -0.978. The van der Waals surface area contributed by atoms with Crippen LogP contribution in [0, 0.1) is 6.92 Å². The Morgan fingerprint density at radius 3 is 2.84 bits per heavy atom. The van der Waals surface area contributed by atoms with Crippen molar-refractivity contribution in [2.24, 2.45) is 0 Å². The first kappa shape index (κ1) is 13.5. The zero-order valence-corrected chi connectivity index (χ0v) is 11.3. The van der Waals surface area contributed by atoms with E-state index >= 15 is 0 Å². The summed E-state index contributed by atoms with van der Waals surface area (Å²) in [6, 6.07) is 8.54. The van der Waals surface area contributed by atoms with E-state index in [4.69, 9.17) is 14.3 Å². The van der Waals surface area contributed by atoms with Gasteiger partial charge in [0.2, 0.25) is 0 Å². The number of aromatic carboxylic acids is 1. The normalized spacial score (nSPS) is 10.4. The van der Waals surface area contributed by atoms with Crippen LogP contribution in [-0.4, -0.2) is 23.4 Å². The highest BCUT2D eigenvalue weighted by atomic mass is 32.2. The van der Waals surface area contributed by atoms with E-state index in [1.165, 1.54) is 6.07 Å². The molecule has 0 atom stereocenters. The third kappa shape index (κ3) is 3.54. The fourth-order valence-corrected chi connectivity index (χ4v) is 2.39. The Morgan fingerprint density at radius 2 is 2.16 bits per heavy atom. The molecule has 0 saturated heterocycles. The van der Waals surface area contributed by atoms with Crippen molar-refractivity contribution in [1.82, 2.24) is 0 Å². The molecule has 0 unspecified atom stereocenters. The molecular weight excluding hydrogens is 264 g/mol. The summed E-state index contributed by atoms with van der Waals surface area (Å²) in [5.74, 6) is 1.04. The summed E-state index contributed by atoms with van der Waals surface area (Å²) >= 11 is 1.62. The minimum Gasteiger partial charge on any atom is -0.492 e. The van der Waals surface area contributed by atoms with Crippen LogP contribution in [0.2, 0.25) is 0 Å². The third-order valence-electron chi connectivity index (χ3n) is 2.53. The summed E-state index contributed by atoms with van der Waals surface area (Å²) in [6.07, 6.45) is 1.65. The SMILES string of the molecule is Cc1occc1SCCOc1ccccc1C(=O)O. The lowest BCUT2D eigenvalue weighted by atomic mass is 10.2. The zero-order chi connectivity index (χ0) is 13.7. The summed E-state index contributed by atoms with van der Waals surface area (Å²) in [5, 5.41) is 9.01. The van der Waals surface area contributed by atoms with Crippen molar-refractivity contribution in [2.45, 2.75) is 11.8 Å². The predicted molar refractivity (Wildman–Crippen MR) is 73.1 cm³/mol. The lowest BCUT2D eigenvalue weighted by Crippen LogP contribution is -2.05. The standard InChI is InChI=1S/C14H14O4S/c1-10-13(6-7-17-10)19-9-8-18-12-5-3-2-4-11(12)14(15)16/h2-7H,8-9H2,1H3,(H,15,16). The molecule has 4 nitrogen and oxygen atoms in total. The molecule has 1 heterocycles. The molecule has 0 fully saturated rings. The second kappa shape index (κ2) is 6.33. The van der Waals surface area contributed by atoms with Gasteiger partial charge in [-0.15, -0.1) is 11.8 Å². The van der Waals surface area contributed by atoms with Gasteiger partial charge < -0.3 is 14.3 Å². The average molecular weight is 278 g/mol. The van der Waals surface area contributed by atoms with Crippen LogP contribution >= 0.6 is 11.8 Å². The predicted octanol–water partition coefficient (Wildman–Crippen LogP) is 3.46. The highest BCUT2D eigenvalue weighted by Gasteiger charge is 2.10. The van der Waals surface area contributed by atoms with Crippen molar-refractivity contribution in [2.75, 3.05) is 12.4 Å². The molecule has 0 amide bonds. The molecule has 1 aromatic heterocycles. The highest BCUT2D eigenvalue weighted by molar-refractivity contribution is 7.99. The van der Waals surface area contributed by atoms with Gasteiger partial charge in [-0.25, -0.2) is 4.79 Å². The maximum absolute atomic E-state index is 11.0. The Labute approximate surface area is 115 Å². The number of hydrogen-bond acceptors (Lipinski definition) is 4. The molecule has 1 aromatic carbocycles. The first-order valence-corrected chi connectivity index (χ1v) is 6.79. The Hall–Kier alpha value is -1.88. The number of ether oxygens (including phenoxy) is 1. The van der Waals surface area contributed by atoms with Crippen molar-refractivity contribution < 1.29 is 19.1 Å². The largest absolute Gasteiger partial charge is 0.492 e. The van der Waals surface area contributed by atoms with Gasteiger partial charge >= 0.3 is 5.97 Å². The monoisotopic (exact) mass is 278 g/mol. The van der Waals surface area contributed by atoms with Crippen LogP contribution in [0.15, 0.2) is 45.9 Å². The van der Waals surface area contributed by atoms with Crippen LogP contribution in [-0.2, 0) is 0 Å². The third-order valence-corrected chi connectivity index (χ3v) is 3.63. The zero-order valence-electron chi connectivity index (χ0n) is 10.5. The first-order chi connectivity index (χ1) is 9.18. The van der Waals surface area contributed by atoms with E-state index < -0.39 is 5.97 Å². The van der Waals surface area contributed by atoms with E-state index in [0.717, 1.165) is 16.4 Å². The number of benzene rings is 1. The molecule has 0 spiro atoms. The molecule has 2 aromatic rings. The van der Waals surface area contributed by atoms with E-state index in [0.29, 0.717) is 12.4 Å². The number of rotatable bonds is 6. The van der Waals surface area contributed by atoms with Crippen LogP contribution in [0.4, 0.5) is 0 Å². The van der Waals surface area contributed by atoms with E-state index in [9.17, 15) is 4.79 Å². The summed E-state index contributed by atoms with van der Waals surface area (Å²) in [6.45, 7) is 2.35. The van der Waals surface area contributed by atoms with Crippen molar-refractivity contribution in [3.8, 4) is 5.75 Å². The van der Waals surface area contributed by atoms with E-state index in [2.05, 4.69) is 0 Å². The van der Waals surface area contributed by atoms with Gasteiger partial charge in [-0.1, -0.05) is 12.1 Å². The maximum atomic E-state index is 11.0. The Balaban J connectivity index is 1.86. The second-order valence-electron chi connectivity index (χ2n) is 3.84. The fraction of sp³-hybridized carbons (Fsp3) is 0.214.